The molecule has 0 fully saturated rings. The zero-order valence-electron chi connectivity index (χ0n) is 20.7. The standard InChI is InChI=1S/C28H30O8/c1-13(2)18(30)10-17-26-16(8-9-28(4,5)36-26)24(33)22-25(34)21-15(7-6-14(3)12-29)23(32)19(31)11-20(21)35-27(17)22/h6,8-9,11,18,29-33H,1,7,10,12H2,2-5H3. The van der Waals surface area contributed by atoms with Crippen LogP contribution in [0.4, 0.5) is 0 Å². The fourth-order valence-electron chi connectivity index (χ4n) is 4.29. The van der Waals surface area contributed by atoms with Gasteiger partial charge in [-0.3, -0.25) is 4.79 Å². The fraction of sp³-hybridized carbons (Fsp3) is 0.321. The molecule has 1 aliphatic heterocycles. The average Bonchev–Trinajstić information content (AvgIpc) is 2.80. The molecule has 0 aliphatic carbocycles. The normalized spacial score (nSPS) is 15.7. The van der Waals surface area contributed by atoms with Crippen LogP contribution in [0, 0.1) is 0 Å². The topological polar surface area (TPSA) is 141 Å². The van der Waals surface area contributed by atoms with Crippen molar-refractivity contribution in [3.63, 3.8) is 0 Å². The van der Waals surface area contributed by atoms with E-state index in [9.17, 15) is 30.3 Å². The largest absolute Gasteiger partial charge is 0.506 e. The van der Waals surface area contributed by atoms with Gasteiger partial charge < -0.3 is 34.7 Å². The van der Waals surface area contributed by atoms with Gasteiger partial charge in [0.05, 0.1) is 23.7 Å². The van der Waals surface area contributed by atoms with Gasteiger partial charge in [0.1, 0.15) is 33.7 Å². The Balaban J connectivity index is 2.16. The smallest absolute Gasteiger partial charge is 0.204 e. The van der Waals surface area contributed by atoms with Crippen molar-refractivity contribution < 1.29 is 34.7 Å². The molecule has 0 amide bonds. The zero-order valence-corrected chi connectivity index (χ0v) is 20.7. The van der Waals surface area contributed by atoms with Gasteiger partial charge in [0.15, 0.2) is 11.5 Å². The second kappa shape index (κ2) is 9.04. The number of allylic oxidation sites excluding steroid dienone is 1. The lowest BCUT2D eigenvalue weighted by atomic mass is 9.92. The van der Waals surface area contributed by atoms with E-state index < -0.39 is 28.6 Å². The monoisotopic (exact) mass is 494 g/mol. The lowest BCUT2D eigenvalue weighted by Crippen LogP contribution is -2.29. The average molecular weight is 495 g/mol. The highest BCUT2D eigenvalue weighted by Gasteiger charge is 2.32. The number of aromatic hydroxyl groups is 3. The van der Waals surface area contributed by atoms with E-state index in [1.807, 2.05) is 13.8 Å². The maximum Gasteiger partial charge on any atom is 0.204 e. The summed E-state index contributed by atoms with van der Waals surface area (Å²) in [4.78, 5) is 13.9. The Morgan fingerprint density at radius 3 is 2.47 bits per heavy atom. The Bertz CT molecular complexity index is 1520. The zero-order chi connectivity index (χ0) is 26.5. The Morgan fingerprint density at radius 1 is 1.14 bits per heavy atom. The summed E-state index contributed by atoms with van der Waals surface area (Å²) in [5.41, 5.74) is 0.508. The minimum absolute atomic E-state index is 0.00215. The summed E-state index contributed by atoms with van der Waals surface area (Å²) < 4.78 is 12.3. The molecule has 0 saturated heterocycles. The van der Waals surface area contributed by atoms with E-state index in [0.29, 0.717) is 16.7 Å². The first-order chi connectivity index (χ1) is 16.9. The minimum Gasteiger partial charge on any atom is -0.506 e. The van der Waals surface area contributed by atoms with Crippen LogP contribution >= 0.6 is 0 Å². The summed E-state index contributed by atoms with van der Waals surface area (Å²) in [7, 11) is 0. The second-order valence-electron chi connectivity index (χ2n) is 9.82. The number of phenolic OH excluding ortho intramolecular Hbond substituents is 3. The number of fused-ring (bicyclic) bond motifs is 3. The van der Waals surface area contributed by atoms with Crippen molar-refractivity contribution in [1.82, 2.24) is 0 Å². The third-order valence-electron chi connectivity index (χ3n) is 6.41. The summed E-state index contributed by atoms with van der Waals surface area (Å²) in [6.45, 7) is 10.6. The first-order valence-electron chi connectivity index (χ1n) is 11.6. The van der Waals surface area contributed by atoms with Crippen LogP contribution in [-0.2, 0) is 12.8 Å². The van der Waals surface area contributed by atoms with E-state index in [1.54, 1.807) is 32.1 Å². The number of aliphatic hydroxyl groups is 2. The summed E-state index contributed by atoms with van der Waals surface area (Å²) in [5, 5.41) is 52.0. The third kappa shape index (κ3) is 4.23. The van der Waals surface area contributed by atoms with E-state index in [0.717, 1.165) is 6.07 Å². The van der Waals surface area contributed by atoms with Crippen LogP contribution in [0.15, 0.2) is 45.2 Å². The molecule has 36 heavy (non-hydrogen) atoms. The van der Waals surface area contributed by atoms with Crippen molar-refractivity contribution in [2.75, 3.05) is 6.61 Å². The first-order valence-corrected chi connectivity index (χ1v) is 11.6. The van der Waals surface area contributed by atoms with Gasteiger partial charge in [0.2, 0.25) is 5.43 Å². The van der Waals surface area contributed by atoms with Gasteiger partial charge in [0.25, 0.3) is 0 Å². The highest BCUT2D eigenvalue weighted by atomic mass is 16.5. The molecule has 0 saturated carbocycles. The third-order valence-corrected chi connectivity index (χ3v) is 6.41. The molecule has 1 aliphatic rings. The number of phenols is 3. The number of hydrogen-bond donors (Lipinski definition) is 5. The molecule has 0 spiro atoms. The van der Waals surface area contributed by atoms with Crippen LogP contribution in [-0.4, -0.2) is 43.8 Å². The highest BCUT2D eigenvalue weighted by molar-refractivity contribution is 6.01. The van der Waals surface area contributed by atoms with E-state index >= 15 is 0 Å². The number of ether oxygens (including phenoxy) is 1. The molecule has 5 N–H and O–H groups in total. The summed E-state index contributed by atoms with van der Waals surface area (Å²) in [5.74, 6) is -1.05. The molecule has 4 rings (SSSR count). The van der Waals surface area contributed by atoms with Crippen LogP contribution < -0.4 is 10.2 Å². The molecule has 8 nitrogen and oxygen atoms in total. The van der Waals surface area contributed by atoms with Crippen LogP contribution in [0.2, 0.25) is 0 Å². The predicted molar refractivity (Wildman–Crippen MR) is 138 cm³/mol. The molecule has 2 heterocycles. The predicted octanol–water partition coefficient (Wildman–Crippen LogP) is 4.21. The Kier molecular flexibility index (Phi) is 6.36. The van der Waals surface area contributed by atoms with Crippen LogP contribution in [0.5, 0.6) is 23.0 Å². The summed E-state index contributed by atoms with van der Waals surface area (Å²) in [6.07, 6.45) is 4.09. The SMILES string of the molecule is C=C(C)C(O)Cc1c2c(c(O)c3c(=O)c4c(CC=C(C)CO)c(O)c(O)cc4oc13)C=CC(C)(C)O2. The van der Waals surface area contributed by atoms with E-state index in [1.165, 1.54) is 0 Å². The molecule has 8 heteroatoms. The summed E-state index contributed by atoms with van der Waals surface area (Å²) >= 11 is 0. The van der Waals surface area contributed by atoms with E-state index in [4.69, 9.17) is 9.15 Å². The van der Waals surface area contributed by atoms with Gasteiger partial charge >= 0.3 is 0 Å². The van der Waals surface area contributed by atoms with Gasteiger partial charge in [-0.25, -0.2) is 0 Å². The molecular weight excluding hydrogens is 464 g/mol. The molecule has 3 aromatic rings. The van der Waals surface area contributed by atoms with Crippen molar-refractivity contribution >= 4 is 28.0 Å². The van der Waals surface area contributed by atoms with Crippen LogP contribution in [0.25, 0.3) is 28.0 Å². The molecule has 1 aromatic heterocycles. The van der Waals surface area contributed by atoms with Gasteiger partial charge in [-0.15, -0.1) is 0 Å². The molecule has 0 bridgehead atoms. The Labute approximate surface area is 207 Å². The summed E-state index contributed by atoms with van der Waals surface area (Å²) in [6, 6.07) is 1.14. The van der Waals surface area contributed by atoms with Crippen molar-refractivity contribution in [3.8, 4) is 23.0 Å². The van der Waals surface area contributed by atoms with Crippen molar-refractivity contribution in [1.29, 1.82) is 0 Å². The van der Waals surface area contributed by atoms with E-state index in [2.05, 4.69) is 6.58 Å². The Hall–Kier alpha value is -3.75. The number of aliphatic hydroxyl groups excluding tert-OH is 2. The maximum atomic E-state index is 13.9. The highest BCUT2D eigenvalue weighted by Crippen LogP contribution is 2.46. The van der Waals surface area contributed by atoms with Gasteiger partial charge in [-0.05, 0) is 46.3 Å². The van der Waals surface area contributed by atoms with Gasteiger partial charge in [0, 0.05) is 23.6 Å². The molecule has 1 unspecified atom stereocenters. The molecule has 2 aromatic carbocycles. The molecule has 1 atom stereocenters. The number of rotatable bonds is 6. The van der Waals surface area contributed by atoms with Gasteiger partial charge in [-0.1, -0.05) is 23.8 Å². The number of benzene rings is 2. The second-order valence-corrected chi connectivity index (χ2v) is 9.82. The number of hydrogen-bond acceptors (Lipinski definition) is 8. The molecule has 0 radical (unpaired) electrons. The van der Waals surface area contributed by atoms with Crippen LogP contribution in [0.1, 0.15) is 44.4 Å². The van der Waals surface area contributed by atoms with Crippen molar-refractivity contribution in [2.24, 2.45) is 0 Å². The quantitative estimate of drug-likeness (QED) is 0.195. The maximum absolute atomic E-state index is 13.9. The Morgan fingerprint density at radius 2 is 1.83 bits per heavy atom. The molecule has 190 valence electrons. The molecular formula is C28H30O8. The van der Waals surface area contributed by atoms with Crippen molar-refractivity contribution in [2.45, 2.75) is 52.2 Å². The van der Waals surface area contributed by atoms with Crippen molar-refractivity contribution in [3.05, 3.63) is 62.9 Å². The first kappa shape index (κ1) is 25.3. The lowest BCUT2D eigenvalue weighted by Gasteiger charge is -2.31. The van der Waals surface area contributed by atoms with Crippen LogP contribution in [0.3, 0.4) is 0 Å². The van der Waals surface area contributed by atoms with Gasteiger partial charge in [-0.2, -0.15) is 0 Å². The van der Waals surface area contributed by atoms with E-state index in [-0.39, 0.29) is 64.0 Å². The fourth-order valence-corrected chi connectivity index (χ4v) is 4.29. The lowest BCUT2D eigenvalue weighted by molar-refractivity contribution is 0.153. The minimum atomic E-state index is -0.976.